The first-order valence-electron chi connectivity index (χ1n) is 14.1. The summed E-state index contributed by atoms with van der Waals surface area (Å²) < 4.78 is 5.48. The number of H-pyrrole nitrogens is 1. The highest BCUT2D eigenvalue weighted by Gasteiger charge is 2.40. The molecule has 3 aromatic rings. The maximum atomic E-state index is 13.7. The summed E-state index contributed by atoms with van der Waals surface area (Å²) in [5, 5.41) is 7.01. The lowest BCUT2D eigenvalue weighted by molar-refractivity contribution is -0.145. The van der Waals surface area contributed by atoms with Gasteiger partial charge < -0.3 is 25.3 Å². The van der Waals surface area contributed by atoms with Gasteiger partial charge in [-0.2, -0.15) is 0 Å². The summed E-state index contributed by atoms with van der Waals surface area (Å²) in [6.07, 6.45) is 3.60. The molecule has 5 rings (SSSR count). The third-order valence-corrected chi connectivity index (χ3v) is 7.63. The third-order valence-electron chi connectivity index (χ3n) is 7.63. The summed E-state index contributed by atoms with van der Waals surface area (Å²) in [5.41, 5.74) is 2.31. The van der Waals surface area contributed by atoms with Gasteiger partial charge in [0.25, 0.3) is 0 Å². The maximum Gasteiger partial charge on any atom is 0.408 e. The Labute approximate surface area is 235 Å². The Bertz CT molecular complexity index is 1350. The van der Waals surface area contributed by atoms with Gasteiger partial charge in [0.1, 0.15) is 11.6 Å². The zero-order valence-corrected chi connectivity index (χ0v) is 23.5. The van der Waals surface area contributed by atoms with Gasteiger partial charge in [-0.1, -0.05) is 48.5 Å². The number of ether oxygens (including phenoxy) is 1. The van der Waals surface area contributed by atoms with Crippen molar-refractivity contribution in [2.24, 2.45) is 0 Å². The number of aromatic amines is 1. The van der Waals surface area contributed by atoms with Crippen LogP contribution in [0.4, 0.5) is 4.79 Å². The smallest absolute Gasteiger partial charge is 0.408 e. The van der Waals surface area contributed by atoms with Crippen molar-refractivity contribution in [1.29, 1.82) is 0 Å². The van der Waals surface area contributed by atoms with E-state index in [0.717, 1.165) is 41.4 Å². The molecule has 3 amide bonds. The largest absolute Gasteiger partial charge is 0.444 e. The Hall–Kier alpha value is -3.85. The number of hydrogen-bond donors (Lipinski definition) is 3. The lowest BCUT2D eigenvalue weighted by atomic mass is 9.91. The highest BCUT2D eigenvalue weighted by atomic mass is 16.6. The van der Waals surface area contributed by atoms with Gasteiger partial charge in [0.2, 0.25) is 11.8 Å². The molecule has 0 bridgehead atoms. The molecule has 2 saturated heterocycles. The van der Waals surface area contributed by atoms with Gasteiger partial charge in [-0.3, -0.25) is 14.5 Å². The van der Waals surface area contributed by atoms with Crippen LogP contribution < -0.4 is 10.6 Å². The first-order valence-corrected chi connectivity index (χ1v) is 14.1. The maximum absolute atomic E-state index is 13.7. The molecule has 3 N–H and O–H groups in total. The number of alkyl carbamates (subject to hydrolysis) is 1. The molecular weight excluding hydrogens is 506 g/mol. The standard InChI is InChI=1S/C31H39N5O4/c1-31(2,3)40-30(39)34-26(16-22-18-32-24-13-8-7-12-23(22)24)29(38)33-25-14-9-15-35-20-36(28(37)17-27(25)35)19-21-10-5-4-6-11-21/h4-8,10-13,18,25-27,32H,9,14-17,19-20H2,1-3H3,(H,33,38)(H,34,39)/t25-,26-,27+/m0/s1. The SMILES string of the molecule is CC(C)(C)OC(=O)N[C@@H](Cc1c[nH]c2ccccc12)C(=O)N[C@H]1CCCN2CN(Cc3ccccc3)C(=O)C[C@H]12. The second kappa shape index (κ2) is 11.7. The van der Waals surface area contributed by atoms with Crippen LogP contribution in [-0.2, 0) is 27.3 Å². The predicted octanol–water partition coefficient (Wildman–Crippen LogP) is 3.94. The number of nitrogens with one attached hydrogen (secondary N) is 3. The molecule has 212 valence electrons. The molecule has 9 nitrogen and oxygen atoms in total. The number of rotatable bonds is 7. The summed E-state index contributed by atoms with van der Waals surface area (Å²) >= 11 is 0. The van der Waals surface area contributed by atoms with Gasteiger partial charge in [0.05, 0.1) is 6.67 Å². The number of carbonyl (C=O) groups excluding carboxylic acids is 3. The van der Waals surface area contributed by atoms with Gasteiger partial charge in [-0.15, -0.1) is 0 Å². The van der Waals surface area contributed by atoms with Crippen LogP contribution in [0.25, 0.3) is 10.9 Å². The number of amides is 3. The van der Waals surface area contributed by atoms with Crippen LogP contribution in [0.1, 0.15) is 51.2 Å². The van der Waals surface area contributed by atoms with Gasteiger partial charge in [-0.25, -0.2) is 4.79 Å². The van der Waals surface area contributed by atoms with Crippen LogP contribution >= 0.6 is 0 Å². The van der Waals surface area contributed by atoms with Crippen molar-refractivity contribution >= 4 is 28.8 Å². The number of fused-ring (bicyclic) bond motifs is 2. The molecule has 0 aliphatic carbocycles. The van der Waals surface area contributed by atoms with Crippen molar-refractivity contribution in [1.82, 2.24) is 25.4 Å². The number of carbonyl (C=O) groups is 3. The number of aromatic nitrogens is 1. The fraction of sp³-hybridized carbons (Fsp3) is 0.452. The molecule has 2 aliphatic heterocycles. The predicted molar refractivity (Wildman–Crippen MR) is 153 cm³/mol. The van der Waals surface area contributed by atoms with Crippen LogP contribution in [0.15, 0.2) is 60.8 Å². The summed E-state index contributed by atoms with van der Waals surface area (Å²) in [7, 11) is 0. The first kappa shape index (κ1) is 27.7. The zero-order chi connectivity index (χ0) is 28.3. The van der Waals surface area contributed by atoms with E-state index in [2.05, 4.69) is 20.5 Å². The monoisotopic (exact) mass is 545 g/mol. The second-order valence-corrected chi connectivity index (χ2v) is 11.8. The average Bonchev–Trinajstić information content (AvgIpc) is 3.31. The third kappa shape index (κ3) is 6.65. The van der Waals surface area contributed by atoms with Gasteiger partial charge >= 0.3 is 6.09 Å². The van der Waals surface area contributed by atoms with E-state index in [4.69, 9.17) is 4.74 Å². The van der Waals surface area contributed by atoms with Crippen molar-refractivity contribution < 1.29 is 19.1 Å². The van der Waals surface area contributed by atoms with Crippen LogP contribution in [-0.4, -0.2) is 69.6 Å². The minimum Gasteiger partial charge on any atom is -0.444 e. The number of para-hydroxylation sites is 1. The summed E-state index contributed by atoms with van der Waals surface area (Å²) in [6, 6.07) is 16.8. The van der Waals surface area contributed by atoms with Crippen LogP contribution in [0.5, 0.6) is 0 Å². The number of nitrogens with zero attached hydrogens (tertiary/aromatic N) is 2. The molecular formula is C31H39N5O4. The fourth-order valence-corrected chi connectivity index (χ4v) is 5.75. The van der Waals surface area contributed by atoms with E-state index in [1.165, 1.54) is 0 Å². The van der Waals surface area contributed by atoms with E-state index in [1.54, 1.807) is 20.8 Å². The van der Waals surface area contributed by atoms with E-state index in [9.17, 15) is 14.4 Å². The lowest BCUT2D eigenvalue weighted by Gasteiger charge is -2.47. The van der Waals surface area contributed by atoms with E-state index >= 15 is 0 Å². The molecule has 3 heterocycles. The number of piperidine rings is 1. The molecule has 40 heavy (non-hydrogen) atoms. The molecule has 0 spiro atoms. The van der Waals surface area contributed by atoms with Crippen molar-refractivity contribution in [3.63, 3.8) is 0 Å². The van der Waals surface area contributed by atoms with E-state index in [-0.39, 0.29) is 23.9 Å². The van der Waals surface area contributed by atoms with Crippen molar-refractivity contribution in [2.45, 2.75) is 76.7 Å². The van der Waals surface area contributed by atoms with Gasteiger partial charge in [0.15, 0.2) is 0 Å². The number of benzene rings is 2. The number of hydrogen-bond acceptors (Lipinski definition) is 5. The van der Waals surface area contributed by atoms with Gasteiger partial charge in [0, 0.05) is 55.1 Å². The minimum absolute atomic E-state index is 0.0764. The average molecular weight is 546 g/mol. The fourth-order valence-electron chi connectivity index (χ4n) is 5.75. The molecule has 2 aromatic carbocycles. The Balaban J connectivity index is 1.29. The zero-order valence-electron chi connectivity index (χ0n) is 23.5. The normalized spacial score (nSPS) is 20.6. The first-order chi connectivity index (χ1) is 19.2. The highest BCUT2D eigenvalue weighted by molar-refractivity contribution is 5.88. The van der Waals surface area contributed by atoms with Crippen molar-refractivity contribution in [3.8, 4) is 0 Å². The quantitative estimate of drug-likeness (QED) is 0.417. The van der Waals surface area contributed by atoms with E-state index in [1.807, 2.05) is 65.7 Å². The molecule has 0 saturated carbocycles. The molecule has 2 aliphatic rings. The minimum atomic E-state index is -0.835. The molecule has 3 atom stereocenters. The highest BCUT2D eigenvalue weighted by Crippen LogP contribution is 2.27. The molecule has 9 heteroatoms. The van der Waals surface area contributed by atoms with E-state index in [0.29, 0.717) is 26.1 Å². The Morgan fingerprint density at radius 2 is 1.85 bits per heavy atom. The molecule has 0 radical (unpaired) electrons. The summed E-state index contributed by atoms with van der Waals surface area (Å²) in [4.78, 5) is 47.0. The summed E-state index contributed by atoms with van der Waals surface area (Å²) in [5.74, 6) is -0.185. The van der Waals surface area contributed by atoms with Crippen molar-refractivity contribution in [2.75, 3.05) is 13.2 Å². The van der Waals surface area contributed by atoms with Crippen LogP contribution in [0.3, 0.4) is 0 Å². The molecule has 0 unspecified atom stereocenters. The Morgan fingerprint density at radius 1 is 1.10 bits per heavy atom. The lowest BCUT2D eigenvalue weighted by Crippen LogP contribution is -2.64. The van der Waals surface area contributed by atoms with E-state index < -0.39 is 17.7 Å². The Kier molecular flexibility index (Phi) is 8.12. The molecule has 1 aromatic heterocycles. The van der Waals surface area contributed by atoms with Crippen molar-refractivity contribution in [3.05, 3.63) is 71.9 Å². The Morgan fingerprint density at radius 3 is 2.62 bits per heavy atom. The van der Waals surface area contributed by atoms with Crippen LogP contribution in [0, 0.1) is 0 Å². The van der Waals surface area contributed by atoms with Crippen LogP contribution in [0.2, 0.25) is 0 Å². The molecule has 2 fully saturated rings. The second-order valence-electron chi connectivity index (χ2n) is 11.8. The topological polar surface area (TPSA) is 107 Å². The van der Waals surface area contributed by atoms with Gasteiger partial charge in [-0.05, 0) is 50.8 Å². The summed E-state index contributed by atoms with van der Waals surface area (Å²) in [6.45, 7) is 7.37.